The summed E-state index contributed by atoms with van der Waals surface area (Å²) in [5.74, 6) is -0.284. The Morgan fingerprint density at radius 1 is 1.53 bits per heavy atom. The third-order valence-corrected chi connectivity index (χ3v) is 3.37. The maximum Gasteiger partial charge on any atom is 0.365 e. The molecule has 0 saturated heterocycles. The second-order valence-electron chi connectivity index (χ2n) is 3.18. The monoisotopic (exact) mass is 313 g/mol. The molecule has 1 N–H and O–H groups in total. The van der Waals surface area contributed by atoms with Crippen molar-refractivity contribution in [2.75, 3.05) is 0 Å². The van der Waals surface area contributed by atoms with Gasteiger partial charge in [0, 0.05) is 10.7 Å². The van der Waals surface area contributed by atoms with Crippen molar-refractivity contribution in [1.82, 2.24) is 4.98 Å². The normalized spacial score (nSPS) is 10.2. The first kappa shape index (κ1) is 12.1. The summed E-state index contributed by atoms with van der Waals surface area (Å²) in [6.07, 6.45) is 1.52. The van der Waals surface area contributed by atoms with E-state index in [2.05, 4.69) is 20.9 Å². The third kappa shape index (κ3) is 3.28. The van der Waals surface area contributed by atoms with E-state index in [0.717, 1.165) is 26.4 Å². The number of benzene rings is 1. The zero-order valence-electron chi connectivity index (χ0n) is 8.59. The van der Waals surface area contributed by atoms with Crippen molar-refractivity contribution in [1.29, 1.82) is 0 Å². The Bertz CT molecular complexity index is 541. The number of ether oxygens (including phenoxy) is 1. The van der Waals surface area contributed by atoms with Crippen LogP contribution in [-0.4, -0.2) is 16.1 Å². The molecule has 17 heavy (non-hydrogen) atoms. The predicted molar refractivity (Wildman–Crippen MR) is 67.5 cm³/mol. The molecule has 0 fully saturated rings. The van der Waals surface area contributed by atoms with Gasteiger partial charge in [0.15, 0.2) is 0 Å². The van der Waals surface area contributed by atoms with Gasteiger partial charge in [0.05, 0.1) is 4.88 Å². The van der Waals surface area contributed by atoms with Crippen LogP contribution in [0.15, 0.2) is 34.9 Å². The summed E-state index contributed by atoms with van der Waals surface area (Å²) >= 11 is 4.46. The number of carboxylic acids is 1. The van der Waals surface area contributed by atoms with Crippen molar-refractivity contribution in [3.05, 3.63) is 44.8 Å². The molecule has 0 bridgehead atoms. The Balaban J connectivity index is 2.00. The maximum absolute atomic E-state index is 10.6. The molecule has 0 unspecified atom stereocenters. The first-order chi connectivity index (χ1) is 8.15. The van der Waals surface area contributed by atoms with Crippen LogP contribution in [0.25, 0.3) is 0 Å². The number of aromatic carboxylic acids is 1. The van der Waals surface area contributed by atoms with Crippen molar-refractivity contribution in [2.24, 2.45) is 0 Å². The maximum atomic E-state index is 10.6. The van der Waals surface area contributed by atoms with E-state index < -0.39 is 5.97 Å². The van der Waals surface area contributed by atoms with Gasteiger partial charge in [0.2, 0.25) is 5.01 Å². The van der Waals surface area contributed by atoms with E-state index in [0.29, 0.717) is 6.61 Å². The highest BCUT2D eigenvalue weighted by Gasteiger charge is 2.09. The first-order valence-electron chi connectivity index (χ1n) is 4.71. The van der Waals surface area contributed by atoms with Gasteiger partial charge >= 0.3 is 5.97 Å². The topological polar surface area (TPSA) is 59.4 Å². The number of nitrogens with zero attached hydrogens (tertiary/aromatic N) is 1. The Morgan fingerprint density at radius 3 is 3.00 bits per heavy atom. The summed E-state index contributed by atoms with van der Waals surface area (Å²) in [6.45, 7) is 0.321. The molecule has 88 valence electrons. The fourth-order valence-electron chi connectivity index (χ4n) is 1.18. The number of carboxylic acid groups (broad SMARTS) is 1. The van der Waals surface area contributed by atoms with Gasteiger partial charge in [-0.2, -0.15) is 0 Å². The second kappa shape index (κ2) is 5.29. The van der Waals surface area contributed by atoms with E-state index in [9.17, 15) is 4.79 Å². The van der Waals surface area contributed by atoms with Crippen LogP contribution < -0.4 is 4.74 Å². The van der Waals surface area contributed by atoms with E-state index in [1.807, 2.05) is 24.3 Å². The summed E-state index contributed by atoms with van der Waals surface area (Å²) < 4.78 is 6.45. The average Bonchev–Trinajstić information content (AvgIpc) is 2.75. The van der Waals surface area contributed by atoms with Gasteiger partial charge in [-0.15, -0.1) is 11.3 Å². The molecule has 6 heteroatoms. The lowest BCUT2D eigenvalue weighted by atomic mass is 10.3. The third-order valence-electron chi connectivity index (χ3n) is 1.91. The van der Waals surface area contributed by atoms with Gasteiger partial charge in [0.25, 0.3) is 0 Å². The molecule has 2 aromatic rings. The molecular weight excluding hydrogens is 306 g/mol. The molecule has 2 rings (SSSR count). The van der Waals surface area contributed by atoms with Crippen LogP contribution in [0, 0.1) is 0 Å². The van der Waals surface area contributed by atoms with Crippen molar-refractivity contribution >= 4 is 33.2 Å². The molecule has 0 spiro atoms. The van der Waals surface area contributed by atoms with E-state index in [1.165, 1.54) is 6.20 Å². The van der Waals surface area contributed by atoms with Gasteiger partial charge < -0.3 is 9.84 Å². The van der Waals surface area contributed by atoms with Crippen LogP contribution in [-0.2, 0) is 6.61 Å². The highest BCUT2D eigenvalue weighted by Crippen LogP contribution is 2.20. The van der Waals surface area contributed by atoms with Crippen LogP contribution >= 0.6 is 27.3 Å². The summed E-state index contributed by atoms with van der Waals surface area (Å²) in [6, 6.07) is 7.46. The summed E-state index contributed by atoms with van der Waals surface area (Å²) in [5.41, 5.74) is 0. The number of carbonyl (C=O) groups is 1. The van der Waals surface area contributed by atoms with Crippen LogP contribution in [0.4, 0.5) is 0 Å². The van der Waals surface area contributed by atoms with Crippen LogP contribution in [0.1, 0.15) is 14.7 Å². The number of hydrogen-bond acceptors (Lipinski definition) is 4. The van der Waals surface area contributed by atoms with Gasteiger partial charge in [-0.05, 0) is 18.2 Å². The molecule has 1 heterocycles. The minimum Gasteiger partial charge on any atom is -0.488 e. The molecule has 0 aliphatic heterocycles. The Labute approximate surface area is 110 Å². The van der Waals surface area contributed by atoms with Crippen LogP contribution in [0.2, 0.25) is 0 Å². The SMILES string of the molecule is O=C(O)c1ncc(COc2cccc(Br)c2)s1. The quantitative estimate of drug-likeness (QED) is 0.941. The van der Waals surface area contributed by atoms with Crippen molar-refractivity contribution < 1.29 is 14.6 Å². The number of rotatable bonds is 4. The van der Waals surface area contributed by atoms with E-state index in [-0.39, 0.29) is 5.01 Å². The number of thiazole rings is 1. The molecule has 0 aliphatic rings. The molecule has 0 aliphatic carbocycles. The lowest BCUT2D eigenvalue weighted by Gasteiger charge is -2.03. The van der Waals surface area contributed by atoms with Crippen molar-refractivity contribution in [3.8, 4) is 5.75 Å². The highest BCUT2D eigenvalue weighted by atomic mass is 79.9. The second-order valence-corrected chi connectivity index (χ2v) is 5.21. The number of hydrogen-bond donors (Lipinski definition) is 1. The van der Waals surface area contributed by atoms with Gasteiger partial charge in [-0.3, -0.25) is 0 Å². The van der Waals surface area contributed by atoms with Gasteiger partial charge in [-0.25, -0.2) is 9.78 Å². The lowest BCUT2D eigenvalue weighted by Crippen LogP contribution is -1.93. The zero-order chi connectivity index (χ0) is 12.3. The largest absolute Gasteiger partial charge is 0.488 e. The molecular formula is C11H8BrNO3S. The van der Waals surface area contributed by atoms with Crippen molar-refractivity contribution in [2.45, 2.75) is 6.61 Å². The Hall–Kier alpha value is -1.40. The average molecular weight is 314 g/mol. The Kier molecular flexibility index (Phi) is 3.75. The summed E-state index contributed by atoms with van der Waals surface area (Å²) in [5, 5.41) is 8.80. The van der Waals surface area contributed by atoms with E-state index >= 15 is 0 Å². The summed E-state index contributed by atoms with van der Waals surface area (Å²) in [4.78, 5) is 15.2. The molecule has 0 saturated carbocycles. The van der Waals surface area contributed by atoms with E-state index in [1.54, 1.807) is 0 Å². The lowest BCUT2D eigenvalue weighted by molar-refractivity contribution is 0.0696. The Morgan fingerprint density at radius 2 is 2.35 bits per heavy atom. The predicted octanol–water partition coefficient (Wildman–Crippen LogP) is 3.18. The van der Waals surface area contributed by atoms with Crippen LogP contribution in [0.3, 0.4) is 0 Å². The number of aromatic nitrogens is 1. The molecule has 1 aromatic heterocycles. The summed E-state index contributed by atoms with van der Waals surface area (Å²) in [7, 11) is 0. The smallest absolute Gasteiger partial charge is 0.365 e. The molecule has 0 atom stereocenters. The molecule has 0 amide bonds. The first-order valence-corrected chi connectivity index (χ1v) is 6.32. The van der Waals surface area contributed by atoms with Gasteiger partial charge in [-0.1, -0.05) is 22.0 Å². The fraction of sp³-hybridized carbons (Fsp3) is 0.0909. The molecule has 1 aromatic carbocycles. The zero-order valence-corrected chi connectivity index (χ0v) is 11.0. The highest BCUT2D eigenvalue weighted by molar-refractivity contribution is 9.10. The minimum atomic E-state index is -1.01. The number of halogens is 1. The minimum absolute atomic E-state index is 0.0813. The molecule has 4 nitrogen and oxygen atoms in total. The van der Waals surface area contributed by atoms with Crippen molar-refractivity contribution in [3.63, 3.8) is 0 Å². The fourth-order valence-corrected chi connectivity index (χ4v) is 2.23. The van der Waals surface area contributed by atoms with Crippen LogP contribution in [0.5, 0.6) is 5.75 Å². The standard InChI is InChI=1S/C11H8BrNO3S/c12-7-2-1-3-8(4-7)16-6-9-5-13-10(17-9)11(14)15/h1-5H,6H2,(H,14,15). The van der Waals surface area contributed by atoms with Gasteiger partial charge in [0.1, 0.15) is 12.4 Å². The van der Waals surface area contributed by atoms with E-state index in [4.69, 9.17) is 9.84 Å². The molecule has 0 radical (unpaired) electrons.